The SMILES string of the molecule is CCC1CCN(CC(C)(O)CC)C(C(=O)O)C1. The summed E-state index contributed by atoms with van der Waals surface area (Å²) >= 11 is 0. The van der Waals surface area contributed by atoms with Gasteiger partial charge in [0, 0.05) is 6.54 Å². The monoisotopic (exact) mass is 243 g/mol. The van der Waals surface area contributed by atoms with E-state index in [1.54, 1.807) is 6.92 Å². The first-order chi connectivity index (χ1) is 7.89. The summed E-state index contributed by atoms with van der Waals surface area (Å²) in [6.45, 7) is 7.05. The van der Waals surface area contributed by atoms with Crippen LogP contribution in [-0.4, -0.2) is 45.8 Å². The number of hydrogen-bond acceptors (Lipinski definition) is 3. The third-order valence-corrected chi connectivity index (χ3v) is 3.99. The fourth-order valence-electron chi connectivity index (χ4n) is 2.45. The van der Waals surface area contributed by atoms with Crippen LogP contribution in [0.4, 0.5) is 0 Å². The van der Waals surface area contributed by atoms with E-state index in [2.05, 4.69) is 6.92 Å². The van der Waals surface area contributed by atoms with Crippen molar-refractivity contribution in [3.05, 3.63) is 0 Å². The highest BCUT2D eigenvalue weighted by atomic mass is 16.4. The summed E-state index contributed by atoms with van der Waals surface area (Å²) in [5.74, 6) is -0.242. The lowest BCUT2D eigenvalue weighted by atomic mass is 9.87. The molecule has 1 aliphatic rings. The first-order valence-corrected chi connectivity index (χ1v) is 6.58. The molecule has 0 radical (unpaired) electrons. The van der Waals surface area contributed by atoms with Gasteiger partial charge >= 0.3 is 5.97 Å². The van der Waals surface area contributed by atoms with E-state index in [0.717, 1.165) is 19.4 Å². The van der Waals surface area contributed by atoms with Gasteiger partial charge in [0.15, 0.2) is 0 Å². The Hall–Kier alpha value is -0.610. The summed E-state index contributed by atoms with van der Waals surface area (Å²) in [5.41, 5.74) is -0.785. The standard InChI is InChI=1S/C13H25NO3/c1-4-10-6-7-14(9-13(3,17)5-2)11(8-10)12(15)16/h10-11,17H,4-9H2,1-3H3,(H,15,16). The molecule has 0 aromatic heterocycles. The number of likely N-dealkylation sites (tertiary alicyclic amines) is 1. The Labute approximate surface area is 104 Å². The highest BCUT2D eigenvalue weighted by Gasteiger charge is 2.35. The summed E-state index contributed by atoms with van der Waals surface area (Å²) in [6, 6.07) is -0.424. The summed E-state index contributed by atoms with van der Waals surface area (Å²) < 4.78 is 0. The summed E-state index contributed by atoms with van der Waals surface area (Å²) in [5, 5.41) is 19.3. The number of β-amino-alcohol motifs (C(OH)–C–C–N with tert-alkyl or cyclic N) is 1. The van der Waals surface area contributed by atoms with E-state index in [4.69, 9.17) is 0 Å². The van der Waals surface area contributed by atoms with Gasteiger partial charge < -0.3 is 10.2 Å². The zero-order chi connectivity index (χ0) is 13.1. The largest absolute Gasteiger partial charge is 0.480 e. The first-order valence-electron chi connectivity index (χ1n) is 6.58. The molecule has 1 rings (SSSR count). The van der Waals surface area contributed by atoms with E-state index in [-0.39, 0.29) is 0 Å². The van der Waals surface area contributed by atoms with Crippen molar-refractivity contribution in [1.29, 1.82) is 0 Å². The van der Waals surface area contributed by atoms with Crippen LogP contribution >= 0.6 is 0 Å². The van der Waals surface area contributed by atoms with Crippen LogP contribution < -0.4 is 0 Å². The molecule has 0 amide bonds. The molecule has 3 atom stereocenters. The molecule has 0 saturated carbocycles. The lowest BCUT2D eigenvalue weighted by Gasteiger charge is -2.40. The van der Waals surface area contributed by atoms with Gasteiger partial charge in [-0.1, -0.05) is 20.3 Å². The molecule has 1 heterocycles. The van der Waals surface area contributed by atoms with Crippen molar-refractivity contribution in [2.45, 2.75) is 58.1 Å². The van der Waals surface area contributed by atoms with E-state index in [9.17, 15) is 15.0 Å². The minimum Gasteiger partial charge on any atom is -0.480 e. The third kappa shape index (κ3) is 3.96. The molecule has 0 aromatic rings. The fourth-order valence-corrected chi connectivity index (χ4v) is 2.45. The molecular formula is C13H25NO3. The number of rotatable bonds is 5. The van der Waals surface area contributed by atoms with E-state index in [1.807, 2.05) is 11.8 Å². The van der Waals surface area contributed by atoms with Gasteiger partial charge in [-0.05, 0) is 38.6 Å². The quantitative estimate of drug-likeness (QED) is 0.772. The molecule has 1 fully saturated rings. The van der Waals surface area contributed by atoms with Crippen LogP contribution in [0.3, 0.4) is 0 Å². The maximum absolute atomic E-state index is 11.3. The van der Waals surface area contributed by atoms with E-state index < -0.39 is 17.6 Å². The Morgan fingerprint density at radius 2 is 2.12 bits per heavy atom. The molecule has 3 unspecified atom stereocenters. The van der Waals surface area contributed by atoms with Crippen LogP contribution in [0.1, 0.15) is 46.5 Å². The molecule has 1 saturated heterocycles. The summed E-state index contributed by atoms with van der Waals surface area (Å²) in [7, 11) is 0. The average Bonchev–Trinajstić information content (AvgIpc) is 2.29. The Bertz CT molecular complexity index is 265. The number of aliphatic hydroxyl groups is 1. The van der Waals surface area contributed by atoms with Gasteiger partial charge in [-0.3, -0.25) is 9.69 Å². The van der Waals surface area contributed by atoms with Crippen molar-refractivity contribution in [3.63, 3.8) is 0 Å². The molecular weight excluding hydrogens is 218 g/mol. The number of nitrogens with zero attached hydrogens (tertiary/aromatic N) is 1. The fraction of sp³-hybridized carbons (Fsp3) is 0.923. The van der Waals surface area contributed by atoms with E-state index in [1.165, 1.54) is 0 Å². The third-order valence-electron chi connectivity index (χ3n) is 3.99. The molecule has 0 spiro atoms. The Kier molecular flexibility index (Phi) is 4.95. The Morgan fingerprint density at radius 1 is 1.47 bits per heavy atom. The van der Waals surface area contributed by atoms with Crippen LogP contribution in [0.15, 0.2) is 0 Å². The topological polar surface area (TPSA) is 60.8 Å². The minimum atomic E-state index is -0.785. The lowest BCUT2D eigenvalue weighted by molar-refractivity contribution is -0.147. The van der Waals surface area contributed by atoms with Crippen LogP contribution in [0, 0.1) is 5.92 Å². The molecule has 100 valence electrons. The molecule has 2 N–H and O–H groups in total. The van der Waals surface area contributed by atoms with Crippen LogP contribution in [0.25, 0.3) is 0 Å². The number of piperidine rings is 1. The maximum atomic E-state index is 11.3. The molecule has 17 heavy (non-hydrogen) atoms. The van der Waals surface area contributed by atoms with Crippen molar-refractivity contribution in [1.82, 2.24) is 4.90 Å². The smallest absolute Gasteiger partial charge is 0.320 e. The van der Waals surface area contributed by atoms with Crippen molar-refractivity contribution < 1.29 is 15.0 Å². The molecule has 0 aliphatic carbocycles. The highest BCUT2D eigenvalue weighted by molar-refractivity contribution is 5.73. The van der Waals surface area contributed by atoms with Crippen molar-refractivity contribution in [2.75, 3.05) is 13.1 Å². The molecule has 4 heteroatoms. The summed E-state index contributed by atoms with van der Waals surface area (Å²) in [6.07, 6.45) is 3.44. The van der Waals surface area contributed by atoms with Gasteiger partial charge in [0.1, 0.15) is 6.04 Å². The zero-order valence-electron chi connectivity index (χ0n) is 11.1. The van der Waals surface area contributed by atoms with Gasteiger partial charge in [0.05, 0.1) is 5.60 Å². The van der Waals surface area contributed by atoms with E-state index in [0.29, 0.717) is 25.3 Å². The summed E-state index contributed by atoms with van der Waals surface area (Å²) in [4.78, 5) is 13.2. The predicted molar refractivity (Wildman–Crippen MR) is 66.9 cm³/mol. The normalized spacial score (nSPS) is 29.9. The second-order valence-corrected chi connectivity index (χ2v) is 5.47. The van der Waals surface area contributed by atoms with Crippen LogP contribution in [-0.2, 0) is 4.79 Å². The number of hydrogen-bond donors (Lipinski definition) is 2. The Balaban J connectivity index is 2.67. The van der Waals surface area contributed by atoms with Gasteiger partial charge in [-0.15, -0.1) is 0 Å². The molecule has 0 bridgehead atoms. The lowest BCUT2D eigenvalue weighted by Crippen LogP contribution is -2.52. The molecule has 0 aromatic carbocycles. The van der Waals surface area contributed by atoms with Gasteiger partial charge in [-0.2, -0.15) is 0 Å². The van der Waals surface area contributed by atoms with Gasteiger partial charge in [-0.25, -0.2) is 0 Å². The zero-order valence-corrected chi connectivity index (χ0v) is 11.1. The number of aliphatic carboxylic acids is 1. The molecule has 1 aliphatic heterocycles. The average molecular weight is 243 g/mol. The molecule has 4 nitrogen and oxygen atoms in total. The number of carboxylic acids is 1. The van der Waals surface area contributed by atoms with Crippen LogP contribution in [0.5, 0.6) is 0 Å². The Morgan fingerprint density at radius 3 is 2.59 bits per heavy atom. The van der Waals surface area contributed by atoms with Gasteiger partial charge in [0.25, 0.3) is 0 Å². The predicted octanol–water partition coefficient (Wildman–Crippen LogP) is 1.72. The second kappa shape index (κ2) is 5.83. The number of carboxylic acid groups (broad SMARTS) is 1. The van der Waals surface area contributed by atoms with Crippen molar-refractivity contribution in [2.24, 2.45) is 5.92 Å². The number of carbonyl (C=O) groups is 1. The highest BCUT2D eigenvalue weighted by Crippen LogP contribution is 2.27. The van der Waals surface area contributed by atoms with Crippen molar-refractivity contribution in [3.8, 4) is 0 Å². The maximum Gasteiger partial charge on any atom is 0.320 e. The van der Waals surface area contributed by atoms with Gasteiger partial charge in [0.2, 0.25) is 0 Å². The van der Waals surface area contributed by atoms with Crippen molar-refractivity contribution >= 4 is 5.97 Å². The minimum absolute atomic E-state index is 0.424. The first kappa shape index (κ1) is 14.5. The van der Waals surface area contributed by atoms with Crippen LogP contribution in [0.2, 0.25) is 0 Å². The van der Waals surface area contributed by atoms with E-state index >= 15 is 0 Å². The second-order valence-electron chi connectivity index (χ2n) is 5.47.